The highest BCUT2D eigenvalue weighted by atomic mass is 127. The van der Waals surface area contributed by atoms with Crippen LogP contribution in [0.3, 0.4) is 0 Å². The molecule has 1 unspecified atom stereocenters. The molecule has 6 nitrogen and oxygen atoms in total. The number of halogens is 1. The fourth-order valence-electron chi connectivity index (χ4n) is 3.06. The van der Waals surface area contributed by atoms with Crippen molar-refractivity contribution < 1.29 is 0 Å². The zero-order valence-electron chi connectivity index (χ0n) is 14.2. The van der Waals surface area contributed by atoms with Gasteiger partial charge in [-0.2, -0.15) is 0 Å². The Bertz CT molecular complexity index is 654. The van der Waals surface area contributed by atoms with Crippen molar-refractivity contribution in [3.63, 3.8) is 0 Å². The first-order chi connectivity index (χ1) is 11.3. The highest BCUT2D eigenvalue weighted by Crippen LogP contribution is 2.15. The van der Waals surface area contributed by atoms with E-state index in [0.717, 1.165) is 36.5 Å². The zero-order valence-corrected chi connectivity index (χ0v) is 16.6. The predicted molar refractivity (Wildman–Crippen MR) is 107 cm³/mol. The summed E-state index contributed by atoms with van der Waals surface area (Å²) in [5, 5.41) is 11.7. The van der Waals surface area contributed by atoms with Crippen molar-refractivity contribution >= 4 is 29.9 Å². The van der Waals surface area contributed by atoms with Crippen molar-refractivity contribution in [3.8, 4) is 5.69 Å². The maximum absolute atomic E-state index is 4.42. The number of nitrogens with one attached hydrogen (secondary N) is 1. The number of piperidine rings is 1. The molecule has 1 saturated heterocycles. The van der Waals surface area contributed by atoms with Crippen molar-refractivity contribution in [3.05, 3.63) is 42.5 Å². The summed E-state index contributed by atoms with van der Waals surface area (Å²) in [5.74, 6) is 2.54. The summed E-state index contributed by atoms with van der Waals surface area (Å²) in [6.07, 6.45) is 4.27. The molecule has 1 atom stereocenters. The van der Waals surface area contributed by atoms with Crippen LogP contribution in [-0.2, 0) is 6.54 Å². The van der Waals surface area contributed by atoms with Crippen molar-refractivity contribution in [1.82, 2.24) is 25.0 Å². The molecule has 130 valence electrons. The number of nitrogens with zero attached hydrogens (tertiary/aromatic N) is 5. The number of guanidine groups is 1. The topological polar surface area (TPSA) is 58.3 Å². The normalized spacial score (nSPS) is 18.2. The molecule has 2 aromatic rings. The summed E-state index contributed by atoms with van der Waals surface area (Å²) in [5.41, 5.74) is 1.07. The Morgan fingerprint density at radius 2 is 2.12 bits per heavy atom. The lowest BCUT2D eigenvalue weighted by Crippen LogP contribution is -2.46. The predicted octanol–water partition coefficient (Wildman–Crippen LogP) is 2.69. The average molecular weight is 440 g/mol. The lowest BCUT2D eigenvalue weighted by molar-refractivity contribution is 0.265. The molecule has 2 heterocycles. The van der Waals surface area contributed by atoms with E-state index in [4.69, 9.17) is 0 Å². The number of aliphatic imine (C=N–C) groups is 1. The Hall–Kier alpha value is -1.64. The van der Waals surface area contributed by atoms with Gasteiger partial charge >= 0.3 is 0 Å². The van der Waals surface area contributed by atoms with Crippen molar-refractivity contribution in [2.45, 2.75) is 26.3 Å². The van der Waals surface area contributed by atoms with Gasteiger partial charge in [0.05, 0.1) is 6.54 Å². The van der Waals surface area contributed by atoms with Gasteiger partial charge in [0.15, 0.2) is 11.8 Å². The van der Waals surface area contributed by atoms with E-state index >= 15 is 0 Å². The van der Waals surface area contributed by atoms with Crippen molar-refractivity contribution in [1.29, 1.82) is 0 Å². The number of benzene rings is 1. The van der Waals surface area contributed by atoms with Gasteiger partial charge in [0, 0.05) is 25.8 Å². The number of hydrogen-bond acceptors (Lipinski definition) is 3. The van der Waals surface area contributed by atoms with E-state index in [1.54, 1.807) is 6.33 Å². The molecule has 24 heavy (non-hydrogen) atoms. The summed E-state index contributed by atoms with van der Waals surface area (Å²) in [6.45, 7) is 5.03. The SMILES string of the molecule is CN=C(NCc1nncn1-c1ccccc1)N1CCCC(C)C1.I. The Morgan fingerprint density at radius 3 is 2.83 bits per heavy atom. The maximum atomic E-state index is 4.42. The summed E-state index contributed by atoms with van der Waals surface area (Å²) >= 11 is 0. The molecule has 1 aliphatic rings. The minimum absolute atomic E-state index is 0. The second kappa shape index (κ2) is 9.00. The summed E-state index contributed by atoms with van der Waals surface area (Å²) in [6, 6.07) is 10.1. The summed E-state index contributed by atoms with van der Waals surface area (Å²) in [7, 11) is 1.84. The number of likely N-dealkylation sites (tertiary alicyclic amines) is 1. The van der Waals surface area contributed by atoms with Gasteiger partial charge in [-0.05, 0) is 30.9 Å². The van der Waals surface area contributed by atoms with E-state index in [1.807, 2.05) is 41.9 Å². The monoisotopic (exact) mass is 440 g/mol. The first-order valence-corrected chi connectivity index (χ1v) is 8.18. The number of rotatable bonds is 3. The van der Waals surface area contributed by atoms with Gasteiger partial charge in [-0.15, -0.1) is 34.2 Å². The van der Waals surface area contributed by atoms with E-state index in [2.05, 4.69) is 32.3 Å². The second-order valence-corrected chi connectivity index (χ2v) is 6.05. The van der Waals surface area contributed by atoms with E-state index in [1.165, 1.54) is 12.8 Å². The van der Waals surface area contributed by atoms with Gasteiger partial charge in [-0.3, -0.25) is 9.56 Å². The smallest absolute Gasteiger partial charge is 0.194 e. The lowest BCUT2D eigenvalue weighted by atomic mass is 10.0. The minimum atomic E-state index is 0. The molecular weight excluding hydrogens is 415 g/mol. The number of aromatic nitrogens is 3. The summed E-state index contributed by atoms with van der Waals surface area (Å²) in [4.78, 5) is 6.75. The molecular formula is C17H25IN6. The number of para-hydroxylation sites is 1. The van der Waals surface area contributed by atoms with Gasteiger partial charge in [0.2, 0.25) is 0 Å². The Kier molecular flexibility index (Phi) is 7.01. The molecule has 0 radical (unpaired) electrons. The van der Waals surface area contributed by atoms with Crippen LogP contribution in [-0.4, -0.2) is 45.8 Å². The third kappa shape index (κ3) is 4.46. The van der Waals surface area contributed by atoms with Crippen LogP contribution < -0.4 is 5.32 Å². The van der Waals surface area contributed by atoms with Gasteiger partial charge in [0.25, 0.3) is 0 Å². The molecule has 1 fully saturated rings. The first kappa shape index (κ1) is 18.7. The summed E-state index contributed by atoms with van der Waals surface area (Å²) < 4.78 is 2.00. The van der Waals surface area contributed by atoms with Crippen LogP contribution in [0.25, 0.3) is 5.69 Å². The Morgan fingerprint density at radius 1 is 1.33 bits per heavy atom. The molecule has 0 amide bonds. The largest absolute Gasteiger partial charge is 0.349 e. The zero-order chi connectivity index (χ0) is 16.1. The fourth-order valence-corrected chi connectivity index (χ4v) is 3.06. The molecule has 1 aromatic heterocycles. The minimum Gasteiger partial charge on any atom is -0.349 e. The molecule has 1 N–H and O–H groups in total. The van der Waals surface area contributed by atoms with E-state index in [-0.39, 0.29) is 24.0 Å². The first-order valence-electron chi connectivity index (χ1n) is 8.18. The van der Waals surface area contributed by atoms with E-state index in [0.29, 0.717) is 6.54 Å². The molecule has 1 aromatic carbocycles. The molecule has 0 spiro atoms. The molecule has 7 heteroatoms. The Labute approximate surface area is 160 Å². The lowest BCUT2D eigenvalue weighted by Gasteiger charge is -2.33. The van der Waals surface area contributed by atoms with Crippen LogP contribution in [0.5, 0.6) is 0 Å². The van der Waals surface area contributed by atoms with E-state index in [9.17, 15) is 0 Å². The van der Waals surface area contributed by atoms with Crippen LogP contribution in [0.4, 0.5) is 0 Å². The molecule has 0 saturated carbocycles. The third-order valence-corrected chi connectivity index (χ3v) is 4.23. The quantitative estimate of drug-likeness (QED) is 0.453. The standard InChI is InChI=1S/C17H24N6.HI/c1-14-7-6-10-22(12-14)17(18-2)19-11-16-21-20-13-23(16)15-8-4-3-5-9-15;/h3-5,8-9,13-14H,6-7,10-12H2,1-2H3,(H,18,19);1H. The van der Waals surface area contributed by atoms with E-state index < -0.39 is 0 Å². The fraction of sp³-hybridized carbons (Fsp3) is 0.471. The van der Waals surface area contributed by atoms with Gasteiger partial charge in [-0.25, -0.2) is 0 Å². The molecule has 1 aliphatic heterocycles. The van der Waals surface area contributed by atoms with Gasteiger partial charge in [-0.1, -0.05) is 25.1 Å². The number of hydrogen-bond donors (Lipinski definition) is 1. The maximum Gasteiger partial charge on any atom is 0.194 e. The van der Waals surface area contributed by atoms with Crippen LogP contribution in [0.1, 0.15) is 25.6 Å². The van der Waals surface area contributed by atoms with Crippen LogP contribution >= 0.6 is 24.0 Å². The highest BCUT2D eigenvalue weighted by molar-refractivity contribution is 14.0. The van der Waals surface area contributed by atoms with Crippen LogP contribution in [0.15, 0.2) is 41.7 Å². The van der Waals surface area contributed by atoms with Crippen molar-refractivity contribution in [2.24, 2.45) is 10.9 Å². The average Bonchev–Trinajstić information content (AvgIpc) is 3.05. The second-order valence-electron chi connectivity index (χ2n) is 6.05. The molecule has 0 bridgehead atoms. The Balaban J connectivity index is 0.00000208. The van der Waals surface area contributed by atoms with Crippen LogP contribution in [0.2, 0.25) is 0 Å². The molecule has 0 aliphatic carbocycles. The van der Waals surface area contributed by atoms with Gasteiger partial charge in [0.1, 0.15) is 6.33 Å². The van der Waals surface area contributed by atoms with Crippen molar-refractivity contribution in [2.75, 3.05) is 20.1 Å². The van der Waals surface area contributed by atoms with Gasteiger partial charge < -0.3 is 10.2 Å². The van der Waals surface area contributed by atoms with Crippen LogP contribution in [0, 0.1) is 5.92 Å². The molecule has 3 rings (SSSR count). The third-order valence-electron chi connectivity index (χ3n) is 4.23. The highest BCUT2D eigenvalue weighted by Gasteiger charge is 2.19.